The summed E-state index contributed by atoms with van der Waals surface area (Å²) in [6, 6.07) is 16.0. The minimum absolute atomic E-state index is 0.131. The van der Waals surface area contributed by atoms with Crippen LogP contribution in [0.2, 0.25) is 0 Å². The van der Waals surface area contributed by atoms with Crippen molar-refractivity contribution >= 4 is 0 Å². The van der Waals surface area contributed by atoms with Crippen LogP contribution in [-0.4, -0.2) is 90.4 Å². The summed E-state index contributed by atoms with van der Waals surface area (Å²) in [5.74, 6) is 0.139. The smallest absolute Gasteiger partial charge is 0.227 e. The average Bonchev–Trinajstić information content (AvgIpc) is 3.19. The highest BCUT2D eigenvalue weighted by molar-refractivity contribution is 5.43. The molecule has 194 valence electrons. The van der Waals surface area contributed by atoms with Gasteiger partial charge in [0, 0.05) is 46.4 Å². The fourth-order valence-electron chi connectivity index (χ4n) is 4.32. The molecule has 1 atom stereocenters. The van der Waals surface area contributed by atoms with E-state index in [-0.39, 0.29) is 5.75 Å². The van der Waals surface area contributed by atoms with E-state index in [0.29, 0.717) is 51.9 Å². The van der Waals surface area contributed by atoms with Crippen LogP contribution < -0.4 is 4.74 Å². The van der Waals surface area contributed by atoms with E-state index in [1.54, 1.807) is 30.0 Å². The van der Waals surface area contributed by atoms with Gasteiger partial charge in [0.15, 0.2) is 11.6 Å². The van der Waals surface area contributed by atoms with Gasteiger partial charge in [-0.1, -0.05) is 30.3 Å². The molecule has 2 heterocycles. The quantitative estimate of drug-likeness (QED) is 0.411. The Labute approximate surface area is 211 Å². The highest BCUT2D eigenvalue weighted by Gasteiger charge is 2.24. The van der Waals surface area contributed by atoms with Crippen LogP contribution in [0.3, 0.4) is 0 Å². The lowest BCUT2D eigenvalue weighted by atomic mass is 10.2. The third-order valence-corrected chi connectivity index (χ3v) is 6.22. The zero-order chi connectivity index (χ0) is 25.3. The highest BCUT2D eigenvalue weighted by atomic mass is 19.1. The Morgan fingerprint density at radius 3 is 2.56 bits per heavy atom. The van der Waals surface area contributed by atoms with Crippen molar-refractivity contribution in [1.82, 2.24) is 19.6 Å². The number of rotatable bonds is 12. The number of ether oxygens (including phenoxy) is 3. The predicted octanol–water partition coefficient (Wildman–Crippen LogP) is 3.25. The van der Waals surface area contributed by atoms with Crippen LogP contribution in [0.5, 0.6) is 11.6 Å². The van der Waals surface area contributed by atoms with Crippen molar-refractivity contribution in [2.75, 3.05) is 59.7 Å². The molecule has 0 aliphatic carbocycles. The third kappa shape index (κ3) is 6.89. The molecule has 36 heavy (non-hydrogen) atoms. The third-order valence-electron chi connectivity index (χ3n) is 6.22. The number of β-amino-alcohol motifs (C(OH)–C–C–N with tert-alkyl or cyclic N) is 1. The lowest BCUT2D eigenvalue weighted by molar-refractivity contribution is 0.00431. The van der Waals surface area contributed by atoms with Gasteiger partial charge in [0.2, 0.25) is 5.88 Å². The summed E-state index contributed by atoms with van der Waals surface area (Å²) < 4.78 is 33.2. The van der Waals surface area contributed by atoms with E-state index >= 15 is 0 Å². The van der Waals surface area contributed by atoms with Crippen LogP contribution in [0, 0.1) is 12.7 Å². The van der Waals surface area contributed by atoms with Crippen LogP contribution in [0.25, 0.3) is 5.69 Å². The van der Waals surface area contributed by atoms with Gasteiger partial charge in [-0.05, 0) is 31.2 Å². The first-order valence-electron chi connectivity index (χ1n) is 12.3. The number of hydrogen-bond donors (Lipinski definition) is 1. The Hall–Kier alpha value is -2.82. The molecule has 8 nitrogen and oxygen atoms in total. The van der Waals surface area contributed by atoms with Crippen molar-refractivity contribution in [3.63, 3.8) is 0 Å². The number of aromatic nitrogens is 2. The van der Waals surface area contributed by atoms with Gasteiger partial charge in [0.1, 0.15) is 0 Å². The fourth-order valence-corrected chi connectivity index (χ4v) is 4.32. The maximum atomic E-state index is 14.5. The van der Waals surface area contributed by atoms with Gasteiger partial charge in [0.25, 0.3) is 0 Å². The molecule has 2 aromatic carbocycles. The van der Waals surface area contributed by atoms with E-state index < -0.39 is 11.9 Å². The van der Waals surface area contributed by atoms with Gasteiger partial charge in [-0.3, -0.25) is 9.80 Å². The van der Waals surface area contributed by atoms with E-state index in [0.717, 1.165) is 30.0 Å². The zero-order valence-electron chi connectivity index (χ0n) is 21.0. The molecule has 3 aromatic rings. The molecule has 1 aliphatic rings. The number of morpholine rings is 1. The van der Waals surface area contributed by atoms with Crippen molar-refractivity contribution in [2.24, 2.45) is 0 Å². The Morgan fingerprint density at radius 2 is 1.83 bits per heavy atom. The molecule has 0 spiro atoms. The number of para-hydroxylation sites is 2. The topological polar surface area (TPSA) is 72.2 Å². The van der Waals surface area contributed by atoms with Gasteiger partial charge < -0.3 is 19.3 Å². The number of benzene rings is 2. The summed E-state index contributed by atoms with van der Waals surface area (Å²) in [7, 11) is 1.66. The van der Waals surface area contributed by atoms with Crippen molar-refractivity contribution in [3.05, 3.63) is 71.7 Å². The molecule has 1 aliphatic heterocycles. The van der Waals surface area contributed by atoms with Crippen LogP contribution in [0.4, 0.5) is 4.39 Å². The first-order chi connectivity index (χ1) is 17.5. The number of hydrogen-bond acceptors (Lipinski definition) is 7. The lowest BCUT2D eigenvalue weighted by Gasteiger charge is -2.31. The Balaban J connectivity index is 1.60. The molecule has 0 bridgehead atoms. The van der Waals surface area contributed by atoms with Gasteiger partial charge in [0.05, 0.1) is 42.9 Å². The largest absolute Gasteiger partial charge is 0.435 e. The van der Waals surface area contributed by atoms with Crippen LogP contribution >= 0.6 is 0 Å². The van der Waals surface area contributed by atoms with E-state index in [4.69, 9.17) is 19.3 Å². The average molecular weight is 499 g/mol. The molecule has 4 rings (SSSR count). The second-order valence-electron chi connectivity index (χ2n) is 8.94. The minimum Gasteiger partial charge on any atom is -0.435 e. The maximum Gasteiger partial charge on any atom is 0.227 e. The van der Waals surface area contributed by atoms with Gasteiger partial charge in [-0.2, -0.15) is 5.10 Å². The summed E-state index contributed by atoms with van der Waals surface area (Å²) >= 11 is 0. The SMILES string of the molecule is COCCN(Cc1c(C)nn(-c2ccccc2)c1Oc1ccccc1F)C[C@H](O)CN1CCOCC1. The number of methoxy groups -OCH3 is 1. The highest BCUT2D eigenvalue weighted by Crippen LogP contribution is 2.32. The molecule has 9 heteroatoms. The molecule has 1 N–H and O–H groups in total. The van der Waals surface area contributed by atoms with Crippen molar-refractivity contribution in [2.45, 2.75) is 19.6 Å². The first kappa shape index (κ1) is 26.2. The van der Waals surface area contributed by atoms with Crippen molar-refractivity contribution in [1.29, 1.82) is 0 Å². The fraction of sp³-hybridized carbons (Fsp3) is 0.444. The Bertz CT molecular complexity index is 1090. The molecular formula is C27H35FN4O4. The summed E-state index contributed by atoms with van der Waals surface area (Å²) in [4.78, 5) is 4.34. The molecule has 0 radical (unpaired) electrons. The maximum absolute atomic E-state index is 14.5. The second-order valence-corrected chi connectivity index (χ2v) is 8.94. The first-order valence-corrected chi connectivity index (χ1v) is 12.3. The molecular weight excluding hydrogens is 463 g/mol. The molecule has 0 amide bonds. The number of aryl methyl sites for hydroxylation is 1. The van der Waals surface area contributed by atoms with E-state index in [9.17, 15) is 9.50 Å². The van der Waals surface area contributed by atoms with E-state index in [1.807, 2.05) is 37.3 Å². The number of halogens is 1. The number of aliphatic hydroxyl groups is 1. The zero-order valence-corrected chi connectivity index (χ0v) is 21.0. The monoisotopic (exact) mass is 498 g/mol. The Kier molecular flexibility index (Phi) is 9.43. The van der Waals surface area contributed by atoms with E-state index in [1.165, 1.54) is 6.07 Å². The van der Waals surface area contributed by atoms with Gasteiger partial charge in [-0.15, -0.1) is 0 Å². The normalized spacial score (nSPS) is 15.4. The summed E-state index contributed by atoms with van der Waals surface area (Å²) in [5.41, 5.74) is 2.42. The molecule has 0 unspecified atom stereocenters. The number of aliphatic hydroxyl groups excluding tert-OH is 1. The van der Waals surface area contributed by atoms with Gasteiger partial charge in [-0.25, -0.2) is 9.07 Å². The van der Waals surface area contributed by atoms with Gasteiger partial charge >= 0.3 is 0 Å². The van der Waals surface area contributed by atoms with Crippen molar-refractivity contribution in [3.8, 4) is 17.3 Å². The minimum atomic E-state index is -0.541. The molecule has 0 saturated carbocycles. The summed E-state index contributed by atoms with van der Waals surface area (Å²) in [6.07, 6.45) is -0.541. The van der Waals surface area contributed by atoms with Crippen LogP contribution in [0.15, 0.2) is 54.6 Å². The molecule has 1 aromatic heterocycles. The van der Waals surface area contributed by atoms with Crippen LogP contribution in [0.1, 0.15) is 11.3 Å². The standard InChI is InChI=1S/C27H35FN4O4/c1-21-24(20-31(12-15-34-2)19-23(33)18-30-13-16-35-17-14-30)27(36-26-11-7-6-10-25(26)28)32(29-21)22-8-4-3-5-9-22/h3-11,23,33H,12-20H2,1-2H3/t23-/m1/s1. The predicted molar refractivity (Wildman–Crippen MR) is 135 cm³/mol. The van der Waals surface area contributed by atoms with E-state index in [2.05, 4.69) is 9.80 Å². The molecule has 1 saturated heterocycles. The lowest BCUT2D eigenvalue weighted by Crippen LogP contribution is -2.45. The van der Waals surface area contributed by atoms with Crippen LogP contribution in [-0.2, 0) is 16.0 Å². The number of nitrogens with zero attached hydrogens (tertiary/aromatic N) is 4. The summed E-state index contributed by atoms with van der Waals surface area (Å²) in [5, 5.41) is 15.6. The molecule has 1 fully saturated rings. The second kappa shape index (κ2) is 12.9. The Morgan fingerprint density at radius 1 is 1.11 bits per heavy atom. The summed E-state index contributed by atoms with van der Waals surface area (Å²) in [6.45, 7) is 7.56. The van der Waals surface area contributed by atoms with Crippen molar-refractivity contribution < 1.29 is 23.7 Å².